The molecule has 2 aliphatic heterocycles. The zero-order valence-corrected chi connectivity index (χ0v) is 26.7. The maximum atomic E-state index is 13.7. The molecule has 1 aliphatic carbocycles. The molecule has 1 saturated heterocycles. The van der Waals surface area contributed by atoms with Crippen molar-refractivity contribution >= 4 is 28.6 Å². The Morgan fingerprint density at radius 2 is 1.91 bits per heavy atom. The van der Waals surface area contributed by atoms with Gasteiger partial charge < -0.3 is 20.9 Å². The molecule has 1 N–H and O–H groups in total. The first-order valence-electron chi connectivity index (χ1n) is 14.6. The molecule has 1 saturated carbocycles. The molecule has 1 aromatic carbocycles. The van der Waals surface area contributed by atoms with E-state index in [1.807, 2.05) is 13.0 Å². The number of rotatable bonds is 6. The third-order valence-corrected chi connectivity index (χ3v) is 8.57. The first-order chi connectivity index (χ1) is 20.8. The SMILES string of the molecule is CCOc1cc(C(=O)N2CCC3(CC2)CC(=O)c2cc(-c4cncc(C(=O)O)c4)ccc2O3)nc2c(C3CC3)nccc12.[H-].[Na+]. The van der Waals surface area contributed by atoms with Crippen LogP contribution in [0.25, 0.3) is 22.0 Å². The number of aromatic nitrogens is 3. The van der Waals surface area contributed by atoms with Gasteiger partial charge in [-0.3, -0.25) is 19.6 Å². The zero-order chi connectivity index (χ0) is 29.7. The third-order valence-electron chi connectivity index (χ3n) is 8.57. The van der Waals surface area contributed by atoms with Gasteiger partial charge in [0.05, 0.1) is 35.4 Å². The van der Waals surface area contributed by atoms with Crippen molar-refractivity contribution in [3.8, 4) is 22.6 Å². The molecule has 0 radical (unpaired) electrons. The number of aromatic carboxylic acids is 1. The summed E-state index contributed by atoms with van der Waals surface area (Å²) in [5, 5.41) is 10.2. The number of hydrogen-bond acceptors (Lipinski definition) is 8. The van der Waals surface area contributed by atoms with Crippen molar-refractivity contribution in [3.05, 3.63) is 77.5 Å². The Bertz CT molecular complexity index is 1810. The Hall–Kier alpha value is -3.86. The Morgan fingerprint density at radius 3 is 2.64 bits per heavy atom. The molecule has 220 valence electrons. The van der Waals surface area contributed by atoms with Crippen LogP contribution in [0.3, 0.4) is 0 Å². The van der Waals surface area contributed by atoms with Crippen LogP contribution in [0.4, 0.5) is 0 Å². The minimum atomic E-state index is -1.07. The summed E-state index contributed by atoms with van der Waals surface area (Å²) >= 11 is 0. The molecule has 1 amide bonds. The summed E-state index contributed by atoms with van der Waals surface area (Å²) in [6.07, 6.45) is 8.01. The van der Waals surface area contributed by atoms with Gasteiger partial charge in [0.15, 0.2) is 5.78 Å². The Labute approximate surface area is 277 Å². The molecule has 2 fully saturated rings. The summed E-state index contributed by atoms with van der Waals surface area (Å²) in [6, 6.07) is 10.4. The normalized spacial score (nSPS) is 17.0. The van der Waals surface area contributed by atoms with Gasteiger partial charge in [0.25, 0.3) is 5.91 Å². The van der Waals surface area contributed by atoms with Crippen molar-refractivity contribution in [2.24, 2.45) is 0 Å². The number of fused-ring (bicyclic) bond motifs is 2. The minimum absolute atomic E-state index is 0. The molecule has 7 rings (SSSR count). The van der Waals surface area contributed by atoms with E-state index in [0.717, 1.165) is 29.4 Å². The Morgan fingerprint density at radius 1 is 1.11 bits per heavy atom. The molecule has 10 nitrogen and oxygen atoms in total. The van der Waals surface area contributed by atoms with E-state index in [1.54, 1.807) is 41.6 Å². The largest absolute Gasteiger partial charge is 1.00 e. The van der Waals surface area contributed by atoms with Gasteiger partial charge in [-0.05, 0) is 49.6 Å². The molecule has 0 bridgehead atoms. The predicted molar refractivity (Wildman–Crippen MR) is 158 cm³/mol. The summed E-state index contributed by atoms with van der Waals surface area (Å²) in [4.78, 5) is 53.6. The van der Waals surface area contributed by atoms with E-state index >= 15 is 0 Å². The van der Waals surface area contributed by atoms with E-state index in [9.17, 15) is 19.5 Å². The van der Waals surface area contributed by atoms with Crippen molar-refractivity contribution in [1.29, 1.82) is 0 Å². The van der Waals surface area contributed by atoms with Gasteiger partial charge in [0.2, 0.25) is 0 Å². The summed E-state index contributed by atoms with van der Waals surface area (Å²) in [6.45, 7) is 3.25. The van der Waals surface area contributed by atoms with E-state index in [2.05, 4.69) is 9.97 Å². The number of nitrogens with zero attached hydrogens (tertiary/aromatic N) is 4. The maximum Gasteiger partial charge on any atom is 1.00 e. The van der Waals surface area contributed by atoms with Gasteiger partial charge in [0.1, 0.15) is 22.8 Å². The molecule has 11 heteroatoms. The first kappa shape index (κ1) is 30.2. The molecule has 0 atom stereocenters. The molecule has 3 aromatic heterocycles. The number of Topliss-reactive ketones (excluding diaryl/α,β-unsaturated/α-hetero) is 1. The molecule has 5 heterocycles. The standard InChI is InChI=1S/C33H30N4O6.Na.H/c1-2-42-28-15-25(36-30-23(28)7-10-35-29(30)19-3-4-19)31(39)37-11-8-33(9-12-37)16-26(38)24-14-20(5-6-27(24)43-33)21-13-22(32(40)41)18-34-17-21;;/h5-7,10,13-15,17-19H,2-4,8-9,11-12,16H2,1H3,(H,40,41);;/q;+1;-1. The van der Waals surface area contributed by atoms with Crippen molar-refractivity contribution in [2.45, 2.75) is 50.5 Å². The molecule has 0 unspecified atom stereocenters. The fraction of sp³-hybridized carbons (Fsp3) is 0.333. The van der Waals surface area contributed by atoms with Gasteiger partial charge in [-0.1, -0.05) is 6.07 Å². The quantitative estimate of drug-likeness (QED) is 0.331. The number of ketones is 1. The summed E-state index contributed by atoms with van der Waals surface area (Å²) in [7, 11) is 0. The van der Waals surface area contributed by atoms with Crippen LogP contribution in [0.2, 0.25) is 0 Å². The van der Waals surface area contributed by atoms with E-state index in [0.29, 0.717) is 72.3 Å². The number of carbonyl (C=O) groups excluding carboxylic acids is 2. The monoisotopic (exact) mass is 602 g/mol. The fourth-order valence-corrected chi connectivity index (χ4v) is 6.13. The van der Waals surface area contributed by atoms with Gasteiger partial charge in [-0.25, -0.2) is 9.78 Å². The summed E-state index contributed by atoms with van der Waals surface area (Å²) in [5.74, 6) is 0.230. The number of amides is 1. The number of piperidine rings is 1. The average molecular weight is 603 g/mol. The molecule has 3 aliphatic rings. The average Bonchev–Trinajstić information content (AvgIpc) is 3.86. The Kier molecular flexibility index (Phi) is 8.17. The van der Waals surface area contributed by atoms with Crippen molar-refractivity contribution < 1.29 is 59.9 Å². The van der Waals surface area contributed by atoms with Gasteiger partial charge >= 0.3 is 35.5 Å². The Balaban J connectivity index is 0.00000200. The molecular formula is C33H31N4NaO6. The number of carboxylic acids is 1. The van der Waals surface area contributed by atoms with E-state index in [4.69, 9.17) is 14.5 Å². The van der Waals surface area contributed by atoms with Crippen LogP contribution in [-0.2, 0) is 0 Å². The van der Waals surface area contributed by atoms with Crippen molar-refractivity contribution in [1.82, 2.24) is 19.9 Å². The van der Waals surface area contributed by atoms with Crippen LogP contribution in [0.1, 0.15) is 83.3 Å². The predicted octanol–water partition coefficient (Wildman–Crippen LogP) is 2.42. The van der Waals surface area contributed by atoms with Crippen LogP contribution >= 0.6 is 0 Å². The van der Waals surface area contributed by atoms with Crippen molar-refractivity contribution in [3.63, 3.8) is 0 Å². The zero-order valence-electron chi connectivity index (χ0n) is 25.7. The second kappa shape index (κ2) is 11.9. The topological polar surface area (TPSA) is 132 Å². The number of likely N-dealkylation sites (tertiary alicyclic amines) is 1. The molecule has 4 aromatic rings. The maximum absolute atomic E-state index is 13.7. The van der Waals surface area contributed by atoms with E-state index in [-0.39, 0.29) is 54.7 Å². The summed E-state index contributed by atoms with van der Waals surface area (Å²) in [5.41, 5.74) is 3.14. The van der Waals surface area contributed by atoms with Gasteiger partial charge in [-0.2, -0.15) is 0 Å². The van der Waals surface area contributed by atoms with Crippen LogP contribution in [-0.4, -0.2) is 67.9 Å². The second-order valence-corrected chi connectivity index (χ2v) is 11.5. The van der Waals surface area contributed by atoms with Gasteiger partial charge in [0, 0.05) is 67.5 Å². The van der Waals surface area contributed by atoms with E-state index in [1.165, 1.54) is 12.3 Å². The molecule has 1 spiro atoms. The molecular weight excluding hydrogens is 571 g/mol. The first-order valence-corrected chi connectivity index (χ1v) is 14.6. The van der Waals surface area contributed by atoms with Crippen LogP contribution in [0, 0.1) is 0 Å². The van der Waals surface area contributed by atoms with E-state index < -0.39 is 11.6 Å². The molecule has 44 heavy (non-hydrogen) atoms. The number of carbonyl (C=O) groups is 3. The number of pyridine rings is 3. The van der Waals surface area contributed by atoms with Crippen molar-refractivity contribution in [2.75, 3.05) is 19.7 Å². The van der Waals surface area contributed by atoms with Crippen LogP contribution in [0.15, 0.2) is 55.0 Å². The summed E-state index contributed by atoms with van der Waals surface area (Å²) < 4.78 is 12.4. The third kappa shape index (κ3) is 5.58. The van der Waals surface area contributed by atoms with Gasteiger partial charge in [-0.15, -0.1) is 0 Å². The van der Waals surface area contributed by atoms with Crippen LogP contribution in [0.5, 0.6) is 11.5 Å². The van der Waals surface area contributed by atoms with Crippen LogP contribution < -0.4 is 39.0 Å². The fourth-order valence-electron chi connectivity index (χ4n) is 6.13. The second-order valence-electron chi connectivity index (χ2n) is 11.5. The number of benzene rings is 1. The smallest absolute Gasteiger partial charge is 1.00 e. The number of hydrogen-bond donors (Lipinski definition) is 1. The number of carboxylic acid groups (broad SMARTS) is 1. The number of ether oxygens (including phenoxy) is 2. The minimum Gasteiger partial charge on any atom is -1.00 e.